The minimum absolute atomic E-state index is 0. The van der Waals surface area contributed by atoms with Gasteiger partial charge in [0.15, 0.2) is 0 Å². The summed E-state index contributed by atoms with van der Waals surface area (Å²) in [6.45, 7) is 10.3. The summed E-state index contributed by atoms with van der Waals surface area (Å²) in [7, 11) is 2.08. The molecule has 0 unspecified atom stereocenters. The van der Waals surface area contributed by atoms with Gasteiger partial charge in [0.25, 0.3) is 0 Å². The van der Waals surface area contributed by atoms with Gasteiger partial charge in [0.2, 0.25) is 5.91 Å². The predicted molar refractivity (Wildman–Crippen MR) is 144 cm³/mol. The molecule has 1 aliphatic carbocycles. The van der Waals surface area contributed by atoms with Crippen molar-refractivity contribution in [1.82, 2.24) is 19.8 Å². The number of hydrogen-bond acceptors (Lipinski definition) is 5. The van der Waals surface area contributed by atoms with E-state index in [0.717, 1.165) is 37.3 Å². The Hall–Kier alpha value is -1.60. The molecule has 2 heterocycles. The number of aromatic nitrogens is 2. The molecule has 188 valence electrons. The molecule has 9 heteroatoms. The van der Waals surface area contributed by atoms with Crippen LogP contribution in [0.4, 0.5) is 5.82 Å². The highest BCUT2D eigenvalue weighted by Crippen LogP contribution is 2.37. The lowest BCUT2D eigenvalue weighted by Crippen LogP contribution is -2.51. The number of benzene rings is 1. The molecule has 0 radical (unpaired) electrons. The van der Waals surface area contributed by atoms with Crippen molar-refractivity contribution in [3.63, 3.8) is 0 Å². The summed E-state index contributed by atoms with van der Waals surface area (Å²) in [6.07, 6.45) is 3.88. The lowest BCUT2D eigenvalue weighted by Gasteiger charge is -2.38. The second-order valence-electron chi connectivity index (χ2n) is 9.45. The Balaban J connectivity index is 0.00000204. The van der Waals surface area contributed by atoms with Crippen molar-refractivity contribution in [1.29, 1.82) is 0 Å². The number of likely N-dealkylation sites (N-methyl/N-ethyl adjacent to an activating group) is 1. The van der Waals surface area contributed by atoms with Crippen LogP contribution in [0.3, 0.4) is 0 Å². The SMILES string of the molecule is CC(C)N(C)C[C@H](C(=O)N1CCN(c2ncnc3c2[C@H](C)CC3)CC1)c1ccc(Cl)cc1.Cl.Cl. The summed E-state index contributed by atoms with van der Waals surface area (Å²) in [5, 5.41) is 0.692. The number of anilines is 1. The standard InChI is InChI=1S/C25H34ClN5O.2ClH/c1-17(2)29(4)15-21(19-6-8-20(26)9-7-19)25(32)31-13-11-30(12-14-31)24-23-18(3)5-10-22(23)27-16-28-24;;/h6-9,16-18,21H,5,10-15H2,1-4H3;2*1H/t18-,21+;;/m1../s1. The maximum absolute atomic E-state index is 13.6. The zero-order valence-electron chi connectivity index (χ0n) is 20.4. The average molecular weight is 529 g/mol. The minimum Gasteiger partial charge on any atom is -0.353 e. The molecular formula is C25H36Cl3N5O. The number of carbonyl (C=O) groups excluding carboxylic acids is 1. The van der Waals surface area contributed by atoms with Gasteiger partial charge in [0.05, 0.1) is 5.92 Å². The molecule has 1 fully saturated rings. The van der Waals surface area contributed by atoms with Gasteiger partial charge in [0.1, 0.15) is 12.1 Å². The summed E-state index contributed by atoms with van der Waals surface area (Å²) in [5.41, 5.74) is 3.53. The number of aryl methyl sites for hydroxylation is 1. The summed E-state index contributed by atoms with van der Waals surface area (Å²) >= 11 is 6.10. The number of amides is 1. The van der Waals surface area contributed by atoms with Gasteiger partial charge in [-0.3, -0.25) is 4.79 Å². The topological polar surface area (TPSA) is 52.6 Å². The quantitative estimate of drug-likeness (QED) is 0.539. The Labute approximate surface area is 220 Å². The summed E-state index contributed by atoms with van der Waals surface area (Å²) in [4.78, 5) is 29.4. The van der Waals surface area contributed by atoms with Crippen LogP contribution in [0, 0.1) is 0 Å². The van der Waals surface area contributed by atoms with Crippen LogP contribution in [-0.4, -0.2) is 71.5 Å². The molecule has 0 N–H and O–H groups in total. The second kappa shape index (κ2) is 12.4. The van der Waals surface area contributed by atoms with Gasteiger partial charge >= 0.3 is 0 Å². The normalized spacial score (nSPS) is 18.4. The Kier molecular flexibility index (Phi) is 10.4. The lowest BCUT2D eigenvalue weighted by molar-refractivity contribution is -0.133. The van der Waals surface area contributed by atoms with Crippen LogP contribution in [0.25, 0.3) is 0 Å². The fraction of sp³-hybridized carbons (Fsp3) is 0.560. The smallest absolute Gasteiger partial charge is 0.231 e. The van der Waals surface area contributed by atoms with Crippen LogP contribution < -0.4 is 4.90 Å². The van der Waals surface area contributed by atoms with Crippen molar-refractivity contribution < 1.29 is 4.79 Å². The maximum atomic E-state index is 13.6. The fourth-order valence-electron chi connectivity index (χ4n) is 4.75. The third-order valence-electron chi connectivity index (χ3n) is 7.07. The van der Waals surface area contributed by atoms with E-state index in [-0.39, 0.29) is 36.6 Å². The van der Waals surface area contributed by atoms with Gasteiger partial charge in [-0.25, -0.2) is 9.97 Å². The van der Waals surface area contributed by atoms with E-state index in [1.54, 1.807) is 6.33 Å². The molecule has 1 aromatic carbocycles. The van der Waals surface area contributed by atoms with Gasteiger partial charge in [-0.05, 0) is 57.4 Å². The third kappa shape index (κ3) is 6.14. The number of hydrogen-bond donors (Lipinski definition) is 0. The first-order chi connectivity index (χ1) is 15.3. The molecule has 2 atom stereocenters. The summed E-state index contributed by atoms with van der Waals surface area (Å²) in [6, 6.07) is 8.10. The number of carbonyl (C=O) groups is 1. The molecule has 4 rings (SSSR count). The van der Waals surface area contributed by atoms with Crippen molar-refractivity contribution in [2.24, 2.45) is 0 Å². The molecule has 1 saturated heterocycles. The van der Waals surface area contributed by atoms with Crippen LogP contribution in [0.1, 0.15) is 55.8 Å². The highest BCUT2D eigenvalue weighted by atomic mass is 35.5. The molecule has 1 amide bonds. The van der Waals surface area contributed by atoms with Gasteiger partial charge in [-0.1, -0.05) is 30.7 Å². The zero-order valence-corrected chi connectivity index (χ0v) is 22.8. The Morgan fingerprint density at radius 1 is 1.12 bits per heavy atom. The molecular weight excluding hydrogens is 493 g/mol. The van der Waals surface area contributed by atoms with Crippen molar-refractivity contribution in [2.75, 3.05) is 44.7 Å². The molecule has 0 bridgehead atoms. The lowest BCUT2D eigenvalue weighted by atomic mass is 9.96. The molecule has 6 nitrogen and oxygen atoms in total. The van der Waals surface area contributed by atoms with Crippen LogP contribution in [0.15, 0.2) is 30.6 Å². The molecule has 2 aliphatic rings. The molecule has 0 saturated carbocycles. The minimum atomic E-state index is -0.200. The van der Waals surface area contributed by atoms with Crippen LogP contribution >= 0.6 is 36.4 Å². The van der Waals surface area contributed by atoms with Crippen LogP contribution in [-0.2, 0) is 11.2 Å². The van der Waals surface area contributed by atoms with Crippen molar-refractivity contribution in [2.45, 2.75) is 51.5 Å². The number of halogens is 3. The van der Waals surface area contributed by atoms with E-state index >= 15 is 0 Å². The van der Waals surface area contributed by atoms with Gasteiger partial charge in [-0.15, -0.1) is 24.8 Å². The third-order valence-corrected chi connectivity index (χ3v) is 7.32. The van der Waals surface area contributed by atoms with E-state index in [4.69, 9.17) is 11.6 Å². The molecule has 0 spiro atoms. The highest BCUT2D eigenvalue weighted by Gasteiger charge is 2.32. The van der Waals surface area contributed by atoms with E-state index in [9.17, 15) is 4.79 Å². The second-order valence-corrected chi connectivity index (χ2v) is 9.88. The average Bonchev–Trinajstić information content (AvgIpc) is 3.18. The molecule has 1 aromatic heterocycles. The first-order valence-corrected chi connectivity index (χ1v) is 12.1. The monoisotopic (exact) mass is 527 g/mol. The van der Waals surface area contributed by atoms with Gasteiger partial charge in [0, 0.05) is 55.0 Å². The van der Waals surface area contributed by atoms with Crippen molar-refractivity contribution >= 4 is 48.1 Å². The maximum Gasteiger partial charge on any atom is 0.231 e. The fourth-order valence-corrected chi connectivity index (χ4v) is 4.88. The van der Waals surface area contributed by atoms with E-state index in [0.29, 0.717) is 36.6 Å². The Bertz CT molecular complexity index is 948. The Morgan fingerprint density at radius 2 is 1.76 bits per heavy atom. The van der Waals surface area contributed by atoms with E-state index in [1.165, 1.54) is 11.3 Å². The molecule has 34 heavy (non-hydrogen) atoms. The molecule has 1 aliphatic heterocycles. The highest BCUT2D eigenvalue weighted by molar-refractivity contribution is 6.30. The number of nitrogens with zero attached hydrogens (tertiary/aromatic N) is 5. The van der Waals surface area contributed by atoms with E-state index in [1.807, 2.05) is 29.2 Å². The van der Waals surface area contributed by atoms with Crippen LogP contribution in [0.5, 0.6) is 0 Å². The Morgan fingerprint density at radius 3 is 2.38 bits per heavy atom. The van der Waals surface area contributed by atoms with Gasteiger partial charge < -0.3 is 14.7 Å². The predicted octanol–water partition coefficient (Wildman–Crippen LogP) is 4.80. The van der Waals surface area contributed by atoms with Crippen LogP contribution in [0.2, 0.25) is 5.02 Å². The zero-order chi connectivity index (χ0) is 22.8. The first kappa shape index (κ1) is 28.6. The first-order valence-electron chi connectivity index (χ1n) is 11.7. The number of rotatable bonds is 6. The largest absolute Gasteiger partial charge is 0.353 e. The number of piperazine rings is 1. The van der Waals surface area contributed by atoms with E-state index in [2.05, 4.69) is 47.6 Å². The number of fused-ring (bicyclic) bond motifs is 1. The summed E-state index contributed by atoms with van der Waals surface area (Å²) < 4.78 is 0. The van der Waals surface area contributed by atoms with Crippen molar-refractivity contribution in [3.05, 3.63) is 52.4 Å². The molecule has 2 aromatic rings. The summed E-state index contributed by atoms with van der Waals surface area (Å²) in [5.74, 6) is 1.57. The van der Waals surface area contributed by atoms with Gasteiger partial charge in [-0.2, -0.15) is 0 Å². The van der Waals surface area contributed by atoms with Crippen molar-refractivity contribution in [3.8, 4) is 0 Å². The van der Waals surface area contributed by atoms with E-state index < -0.39 is 0 Å².